The monoisotopic (exact) mass is 161 g/mol. The highest BCUT2D eigenvalue weighted by atomic mass is 16.4. The van der Waals surface area contributed by atoms with Gasteiger partial charge in [0, 0.05) is 12.2 Å². The Hall–Kier alpha value is -1.62. The number of carbonyl (C=O) groups is 2. The number of carboxylic acid groups (broad SMARTS) is 2. The van der Waals surface area contributed by atoms with Crippen molar-refractivity contribution in [3.63, 3.8) is 0 Å². The van der Waals surface area contributed by atoms with Crippen molar-refractivity contribution in [1.29, 1.82) is 0 Å². The molecule has 0 saturated carbocycles. The molecular formula is C6H11NO4. The van der Waals surface area contributed by atoms with Gasteiger partial charge in [-0.3, -0.25) is 0 Å². The normalized spacial score (nSPS) is 7.27. The van der Waals surface area contributed by atoms with E-state index in [9.17, 15) is 9.59 Å². The van der Waals surface area contributed by atoms with E-state index in [0.717, 1.165) is 0 Å². The van der Waals surface area contributed by atoms with Gasteiger partial charge in [-0.25, -0.2) is 9.59 Å². The van der Waals surface area contributed by atoms with Gasteiger partial charge in [0.1, 0.15) is 0 Å². The molecule has 0 aromatic rings. The van der Waals surface area contributed by atoms with Crippen LogP contribution in [0.15, 0.2) is 25.3 Å². The zero-order valence-corrected chi connectivity index (χ0v) is 5.99. The summed E-state index contributed by atoms with van der Waals surface area (Å²) in [5.41, 5.74) is 0. The van der Waals surface area contributed by atoms with Crippen LogP contribution in [0.3, 0.4) is 0 Å². The first-order valence-corrected chi connectivity index (χ1v) is 2.27. The van der Waals surface area contributed by atoms with Crippen LogP contribution in [0, 0.1) is 0 Å². The summed E-state index contributed by atoms with van der Waals surface area (Å²) in [7, 11) is 0. The highest BCUT2D eigenvalue weighted by Gasteiger charge is 1.88. The first-order valence-electron chi connectivity index (χ1n) is 2.27. The zero-order valence-electron chi connectivity index (χ0n) is 5.99. The molecule has 0 spiro atoms. The molecule has 5 N–H and O–H groups in total. The van der Waals surface area contributed by atoms with E-state index in [-0.39, 0.29) is 6.15 Å². The van der Waals surface area contributed by atoms with Gasteiger partial charge in [0.15, 0.2) is 0 Å². The Kier molecular flexibility index (Phi) is 16.5. The minimum absolute atomic E-state index is 0. The number of rotatable bonds is 2. The van der Waals surface area contributed by atoms with Gasteiger partial charge in [-0.2, -0.15) is 0 Å². The van der Waals surface area contributed by atoms with Crippen molar-refractivity contribution in [2.45, 2.75) is 0 Å². The third-order valence-electron chi connectivity index (χ3n) is 0.368. The number of carboxylic acids is 2. The maximum atomic E-state index is 9.55. The second-order valence-corrected chi connectivity index (χ2v) is 1.01. The van der Waals surface area contributed by atoms with Gasteiger partial charge in [-0.1, -0.05) is 0 Å². The van der Waals surface area contributed by atoms with E-state index in [1.54, 1.807) is 0 Å². The SMILES string of the molecule is C=C.N.O=C(O)/C=C/C(=O)O. The summed E-state index contributed by atoms with van der Waals surface area (Å²) in [6.07, 6.45) is 1.12. The van der Waals surface area contributed by atoms with E-state index in [0.29, 0.717) is 12.2 Å². The summed E-state index contributed by atoms with van der Waals surface area (Å²) in [5.74, 6) is -2.51. The lowest BCUT2D eigenvalue weighted by Gasteiger charge is -1.74. The fourth-order valence-electron chi connectivity index (χ4n) is 0.143. The Bertz CT molecular complexity index is 137. The molecule has 5 heteroatoms. The molecule has 0 fully saturated rings. The number of aliphatic carboxylic acids is 2. The molecule has 0 amide bonds. The van der Waals surface area contributed by atoms with E-state index >= 15 is 0 Å². The van der Waals surface area contributed by atoms with Crippen LogP contribution < -0.4 is 6.15 Å². The van der Waals surface area contributed by atoms with Crippen molar-refractivity contribution in [2.75, 3.05) is 0 Å². The summed E-state index contributed by atoms with van der Waals surface area (Å²) >= 11 is 0. The van der Waals surface area contributed by atoms with Crippen LogP contribution in [0.1, 0.15) is 0 Å². The van der Waals surface area contributed by atoms with Crippen LogP contribution in [0.4, 0.5) is 0 Å². The Balaban J connectivity index is -0.000000196. The maximum absolute atomic E-state index is 9.55. The molecule has 0 aliphatic rings. The number of hydrogen-bond donors (Lipinski definition) is 3. The van der Waals surface area contributed by atoms with Crippen LogP contribution in [-0.4, -0.2) is 22.2 Å². The molecule has 0 heterocycles. The average Bonchev–Trinajstić information content (AvgIpc) is 1.89. The van der Waals surface area contributed by atoms with E-state index < -0.39 is 11.9 Å². The molecule has 0 rings (SSSR count). The fraction of sp³-hybridized carbons (Fsp3) is 0. The smallest absolute Gasteiger partial charge is 0.328 e. The molecule has 64 valence electrons. The van der Waals surface area contributed by atoms with E-state index in [1.807, 2.05) is 0 Å². The Morgan fingerprint density at radius 3 is 1.27 bits per heavy atom. The van der Waals surface area contributed by atoms with Crippen molar-refractivity contribution in [3.8, 4) is 0 Å². The Morgan fingerprint density at radius 1 is 1.00 bits per heavy atom. The van der Waals surface area contributed by atoms with Gasteiger partial charge < -0.3 is 16.4 Å². The van der Waals surface area contributed by atoms with E-state index in [2.05, 4.69) is 13.2 Å². The third-order valence-corrected chi connectivity index (χ3v) is 0.368. The van der Waals surface area contributed by atoms with Gasteiger partial charge in [-0.15, -0.1) is 13.2 Å². The van der Waals surface area contributed by atoms with Crippen molar-refractivity contribution in [2.24, 2.45) is 0 Å². The van der Waals surface area contributed by atoms with Crippen LogP contribution in [0.5, 0.6) is 0 Å². The summed E-state index contributed by atoms with van der Waals surface area (Å²) < 4.78 is 0. The maximum Gasteiger partial charge on any atom is 0.328 e. The second-order valence-electron chi connectivity index (χ2n) is 1.01. The third kappa shape index (κ3) is 29.9. The van der Waals surface area contributed by atoms with Crippen molar-refractivity contribution in [3.05, 3.63) is 25.3 Å². The van der Waals surface area contributed by atoms with Crippen LogP contribution in [-0.2, 0) is 9.59 Å². The molecule has 0 atom stereocenters. The average molecular weight is 161 g/mol. The summed E-state index contributed by atoms with van der Waals surface area (Å²) in [5, 5.41) is 15.6. The molecule has 0 radical (unpaired) electrons. The molecule has 0 bridgehead atoms. The van der Waals surface area contributed by atoms with Gasteiger partial charge in [0.25, 0.3) is 0 Å². The van der Waals surface area contributed by atoms with E-state index in [4.69, 9.17) is 10.2 Å². The first kappa shape index (κ1) is 16.2. The Labute approximate surface area is 64.2 Å². The predicted molar refractivity (Wildman–Crippen MR) is 40.7 cm³/mol. The largest absolute Gasteiger partial charge is 0.478 e. The molecule has 11 heavy (non-hydrogen) atoms. The van der Waals surface area contributed by atoms with Crippen LogP contribution in [0.2, 0.25) is 0 Å². The van der Waals surface area contributed by atoms with Crippen LogP contribution >= 0.6 is 0 Å². The standard InChI is InChI=1S/C4H4O4.C2H4.H3N/c5-3(6)1-2-4(7)8;1-2;/h1-2H,(H,5,6)(H,7,8);1-2H2;1H3/b2-1+;;. The minimum atomic E-state index is -1.26. The van der Waals surface area contributed by atoms with Gasteiger partial charge in [-0.05, 0) is 0 Å². The second kappa shape index (κ2) is 11.2. The zero-order chi connectivity index (χ0) is 8.57. The highest BCUT2D eigenvalue weighted by Crippen LogP contribution is 1.70. The highest BCUT2D eigenvalue weighted by molar-refractivity contribution is 5.89. The quantitative estimate of drug-likeness (QED) is 0.407. The molecule has 0 aliphatic carbocycles. The molecule has 0 saturated heterocycles. The Morgan fingerprint density at radius 2 is 1.18 bits per heavy atom. The number of hydrogen-bond acceptors (Lipinski definition) is 3. The molecule has 0 aromatic carbocycles. The minimum Gasteiger partial charge on any atom is -0.478 e. The predicted octanol–water partition coefficient (Wildman–Crippen LogP) is 0.676. The van der Waals surface area contributed by atoms with Gasteiger partial charge >= 0.3 is 11.9 Å². The molecule has 0 aromatic heterocycles. The van der Waals surface area contributed by atoms with Crippen molar-refractivity contribution in [1.82, 2.24) is 6.15 Å². The van der Waals surface area contributed by atoms with Gasteiger partial charge in [0.05, 0.1) is 0 Å². The van der Waals surface area contributed by atoms with Crippen molar-refractivity contribution >= 4 is 11.9 Å². The molecular weight excluding hydrogens is 150 g/mol. The van der Waals surface area contributed by atoms with Gasteiger partial charge in [0.2, 0.25) is 0 Å². The fourth-order valence-corrected chi connectivity index (χ4v) is 0.143. The lowest BCUT2D eigenvalue weighted by molar-refractivity contribution is -0.134. The molecule has 0 unspecified atom stereocenters. The summed E-state index contributed by atoms with van der Waals surface area (Å²) in [6.45, 7) is 6.00. The summed E-state index contributed by atoms with van der Waals surface area (Å²) in [4.78, 5) is 19.1. The summed E-state index contributed by atoms with van der Waals surface area (Å²) in [6, 6.07) is 0. The van der Waals surface area contributed by atoms with Crippen molar-refractivity contribution < 1.29 is 19.8 Å². The van der Waals surface area contributed by atoms with E-state index in [1.165, 1.54) is 0 Å². The lowest BCUT2D eigenvalue weighted by atomic mass is 10.5. The molecule has 5 nitrogen and oxygen atoms in total. The lowest BCUT2D eigenvalue weighted by Crippen LogP contribution is -1.91. The van der Waals surface area contributed by atoms with Crippen LogP contribution in [0.25, 0.3) is 0 Å². The molecule has 0 aliphatic heterocycles. The first-order chi connectivity index (χ1) is 4.63. The topological polar surface area (TPSA) is 110 Å².